The second-order valence-corrected chi connectivity index (χ2v) is 3.93. The van der Waals surface area contributed by atoms with Crippen LogP contribution in [0.25, 0.3) is 0 Å². The third-order valence-corrected chi connectivity index (χ3v) is 2.47. The van der Waals surface area contributed by atoms with Gasteiger partial charge in [0.1, 0.15) is 0 Å². The minimum Gasteiger partial charge on any atom is -0.493 e. The van der Waals surface area contributed by atoms with E-state index in [0.29, 0.717) is 23.7 Å². The first-order chi connectivity index (χ1) is 8.81. The molecule has 0 aliphatic carbocycles. The fourth-order valence-electron chi connectivity index (χ4n) is 1.54. The predicted octanol–water partition coefficient (Wildman–Crippen LogP) is 2.34. The number of nitriles is 1. The summed E-state index contributed by atoms with van der Waals surface area (Å²) in [5, 5.41) is 12.1. The highest BCUT2D eigenvalue weighted by atomic mass is 16.5. The van der Waals surface area contributed by atoms with Crippen LogP contribution in [0.1, 0.15) is 25.3 Å². The molecular weight excluding hydrogens is 228 g/mol. The molecule has 0 radical (unpaired) electrons. The fraction of sp³-hybridized carbons (Fsp3) is 0.500. The summed E-state index contributed by atoms with van der Waals surface area (Å²) in [5.41, 5.74) is 0.573. The molecule has 0 atom stereocenters. The minimum atomic E-state index is 0.573. The van der Waals surface area contributed by atoms with Crippen molar-refractivity contribution >= 4 is 0 Å². The molecule has 1 N–H and O–H groups in total. The van der Waals surface area contributed by atoms with Crippen molar-refractivity contribution in [2.45, 2.75) is 19.8 Å². The van der Waals surface area contributed by atoms with E-state index < -0.39 is 0 Å². The summed E-state index contributed by atoms with van der Waals surface area (Å²) in [4.78, 5) is 0. The van der Waals surface area contributed by atoms with Crippen LogP contribution in [-0.4, -0.2) is 26.8 Å². The van der Waals surface area contributed by atoms with Gasteiger partial charge in [-0.2, -0.15) is 5.26 Å². The van der Waals surface area contributed by atoms with Gasteiger partial charge >= 0.3 is 0 Å². The summed E-state index contributed by atoms with van der Waals surface area (Å²) in [6, 6.07) is 7.26. The van der Waals surface area contributed by atoms with E-state index in [4.69, 9.17) is 14.7 Å². The molecule has 0 aromatic heterocycles. The number of hydrogen-bond acceptors (Lipinski definition) is 4. The number of rotatable bonds is 8. The molecule has 0 saturated heterocycles. The minimum absolute atomic E-state index is 0.573. The third kappa shape index (κ3) is 4.64. The van der Waals surface area contributed by atoms with Crippen LogP contribution in [0.5, 0.6) is 11.5 Å². The summed E-state index contributed by atoms with van der Waals surface area (Å²) in [6.45, 7) is 4.77. The van der Waals surface area contributed by atoms with Crippen LogP contribution in [0.15, 0.2) is 18.2 Å². The Morgan fingerprint density at radius 2 is 2.11 bits per heavy atom. The lowest BCUT2D eigenvalue weighted by Crippen LogP contribution is -2.18. The number of hydrogen-bond donors (Lipinski definition) is 1. The molecule has 0 heterocycles. The van der Waals surface area contributed by atoms with E-state index in [1.807, 2.05) is 0 Å². The molecule has 1 aromatic rings. The highest BCUT2D eigenvalue weighted by Crippen LogP contribution is 2.27. The highest BCUT2D eigenvalue weighted by molar-refractivity contribution is 5.46. The maximum absolute atomic E-state index is 8.79. The summed E-state index contributed by atoms with van der Waals surface area (Å²) in [6.07, 6.45) is 2.09. The lowest BCUT2D eigenvalue weighted by atomic mass is 10.2. The van der Waals surface area contributed by atoms with Crippen molar-refractivity contribution in [2.75, 3.05) is 26.8 Å². The fourth-order valence-corrected chi connectivity index (χ4v) is 1.54. The molecule has 0 saturated carbocycles. The second kappa shape index (κ2) is 8.37. The predicted molar refractivity (Wildman–Crippen MR) is 71.0 cm³/mol. The lowest BCUT2D eigenvalue weighted by Gasteiger charge is -2.10. The number of nitrogens with one attached hydrogen (secondary N) is 1. The van der Waals surface area contributed by atoms with Crippen molar-refractivity contribution in [2.24, 2.45) is 0 Å². The molecule has 4 heteroatoms. The molecule has 0 bridgehead atoms. The first kappa shape index (κ1) is 14.3. The van der Waals surface area contributed by atoms with Crippen LogP contribution in [0, 0.1) is 11.3 Å². The normalized spacial score (nSPS) is 9.83. The monoisotopic (exact) mass is 248 g/mol. The summed E-state index contributed by atoms with van der Waals surface area (Å²) in [5.74, 6) is 1.29. The first-order valence-electron chi connectivity index (χ1n) is 6.23. The van der Waals surface area contributed by atoms with E-state index in [2.05, 4.69) is 18.3 Å². The SMILES string of the molecule is CCCNCCCOc1ccc(C#N)cc1OC. The van der Waals surface area contributed by atoms with Crippen molar-refractivity contribution in [3.63, 3.8) is 0 Å². The third-order valence-electron chi connectivity index (χ3n) is 2.47. The number of ether oxygens (including phenoxy) is 2. The average molecular weight is 248 g/mol. The van der Waals surface area contributed by atoms with Gasteiger partial charge in [0.2, 0.25) is 0 Å². The highest BCUT2D eigenvalue weighted by Gasteiger charge is 2.05. The van der Waals surface area contributed by atoms with Gasteiger partial charge in [0, 0.05) is 6.07 Å². The Balaban J connectivity index is 2.40. The van der Waals surface area contributed by atoms with Crippen LogP contribution < -0.4 is 14.8 Å². The van der Waals surface area contributed by atoms with Crippen LogP contribution in [-0.2, 0) is 0 Å². The molecule has 1 aromatic carbocycles. The molecule has 0 spiro atoms. The largest absolute Gasteiger partial charge is 0.493 e. The second-order valence-electron chi connectivity index (χ2n) is 3.93. The molecule has 0 amide bonds. The van der Waals surface area contributed by atoms with Crippen molar-refractivity contribution in [1.29, 1.82) is 5.26 Å². The van der Waals surface area contributed by atoms with E-state index in [-0.39, 0.29) is 0 Å². The van der Waals surface area contributed by atoms with Crippen LogP contribution in [0.3, 0.4) is 0 Å². The molecular formula is C14H20N2O2. The Hall–Kier alpha value is -1.73. The first-order valence-corrected chi connectivity index (χ1v) is 6.23. The van der Waals surface area contributed by atoms with E-state index >= 15 is 0 Å². The number of nitrogens with zero attached hydrogens (tertiary/aromatic N) is 1. The van der Waals surface area contributed by atoms with Gasteiger partial charge in [0.25, 0.3) is 0 Å². The van der Waals surface area contributed by atoms with E-state index in [0.717, 1.165) is 25.9 Å². The average Bonchev–Trinajstić information content (AvgIpc) is 2.42. The summed E-state index contributed by atoms with van der Waals surface area (Å²) >= 11 is 0. The van der Waals surface area contributed by atoms with Gasteiger partial charge in [0.05, 0.1) is 25.3 Å². The van der Waals surface area contributed by atoms with Gasteiger partial charge in [-0.1, -0.05) is 6.92 Å². The zero-order valence-electron chi connectivity index (χ0n) is 11.0. The van der Waals surface area contributed by atoms with Gasteiger partial charge in [-0.3, -0.25) is 0 Å². The Bertz CT molecular complexity index is 399. The van der Waals surface area contributed by atoms with Gasteiger partial charge in [-0.25, -0.2) is 0 Å². The molecule has 0 aliphatic rings. The number of methoxy groups -OCH3 is 1. The van der Waals surface area contributed by atoms with Crippen LogP contribution >= 0.6 is 0 Å². The zero-order valence-corrected chi connectivity index (χ0v) is 11.0. The van der Waals surface area contributed by atoms with E-state index in [1.54, 1.807) is 25.3 Å². The van der Waals surface area contributed by atoms with Gasteiger partial charge in [-0.05, 0) is 38.1 Å². The Morgan fingerprint density at radius 1 is 1.28 bits per heavy atom. The van der Waals surface area contributed by atoms with Crippen molar-refractivity contribution < 1.29 is 9.47 Å². The van der Waals surface area contributed by atoms with E-state index in [9.17, 15) is 0 Å². The van der Waals surface area contributed by atoms with Crippen molar-refractivity contribution in [1.82, 2.24) is 5.32 Å². The van der Waals surface area contributed by atoms with Crippen LogP contribution in [0.4, 0.5) is 0 Å². The topological polar surface area (TPSA) is 54.3 Å². The summed E-state index contributed by atoms with van der Waals surface area (Å²) in [7, 11) is 1.58. The van der Waals surface area contributed by atoms with Crippen molar-refractivity contribution in [3.8, 4) is 17.6 Å². The maximum Gasteiger partial charge on any atom is 0.162 e. The quantitative estimate of drug-likeness (QED) is 0.717. The molecule has 98 valence electrons. The standard InChI is InChI=1S/C14H20N2O2/c1-3-7-16-8-4-9-18-13-6-5-12(11-15)10-14(13)17-2/h5-6,10,16H,3-4,7-9H2,1-2H3. The van der Waals surface area contributed by atoms with E-state index in [1.165, 1.54) is 0 Å². The molecule has 1 rings (SSSR count). The zero-order chi connectivity index (χ0) is 13.2. The molecule has 0 fully saturated rings. The Labute approximate surface area is 109 Å². The molecule has 18 heavy (non-hydrogen) atoms. The smallest absolute Gasteiger partial charge is 0.162 e. The molecule has 0 unspecified atom stereocenters. The van der Waals surface area contributed by atoms with Gasteiger partial charge < -0.3 is 14.8 Å². The lowest BCUT2D eigenvalue weighted by molar-refractivity contribution is 0.287. The molecule has 4 nitrogen and oxygen atoms in total. The Kier molecular flexibility index (Phi) is 6.67. The van der Waals surface area contributed by atoms with Crippen molar-refractivity contribution in [3.05, 3.63) is 23.8 Å². The van der Waals surface area contributed by atoms with Crippen LogP contribution in [0.2, 0.25) is 0 Å². The summed E-state index contributed by atoms with van der Waals surface area (Å²) < 4.78 is 10.8. The number of benzene rings is 1. The van der Waals surface area contributed by atoms with Gasteiger partial charge in [0.15, 0.2) is 11.5 Å². The maximum atomic E-state index is 8.79. The van der Waals surface area contributed by atoms with Gasteiger partial charge in [-0.15, -0.1) is 0 Å². The molecule has 0 aliphatic heterocycles. The Morgan fingerprint density at radius 3 is 2.78 bits per heavy atom.